The molecule has 2 aliphatic heterocycles. The lowest BCUT2D eigenvalue weighted by molar-refractivity contribution is -0.130. The fourth-order valence-electron chi connectivity index (χ4n) is 5.39. The molecule has 3 heterocycles. The second kappa shape index (κ2) is 7.72. The molecule has 2 N–H and O–H groups in total. The molecular weight excluding hydrogens is 488 g/mol. The number of fused-ring (bicyclic) bond motifs is 2. The Balaban J connectivity index is 1.55. The van der Waals surface area contributed by atoms with Crippen molar-refractivity contribution in [2.45, 2.75) is 25.0 Å². The Kier molecular flexibility index (Phi) is 4.81. The van der Waals surface area contributed by atoms with E-state index in [0.717, 1.165) is 0 Å². The summed E-state index contributed by atoms with van der Waals surface area (Å²) in [5, 5.41) is 17.8. The SMILES string of the molecule is COc1cc(OC)c2c(c1Cl)O[C@@]1(C(=O)C3=C(C[C@H]1C)Nc1ncnn1[C@@H]3c1cccc(O)c1)C2=O. The molecule has 184 valence electrons. The van der Waals surface area contributed by atoms with Crippen LogP contribution in [0.1, 0.15) is 35.3 Å². The maximum Gasteiger partial charge on any atom is 0.236 e. The van der Waals surface area contributed by atoms with Crippen molar-refractivity contribution in [2.24, 2.45) is 5.92 Å². The van der Waals surface area contributed by atoms with Crippen molar-refractivity contribution >= 4 is 29.1 Å². The average Bonchev–Trinajstić information content (AvgIpc) is 3.45. The van der Waals surface area contributed by atoms with E-state index in [-0.39, 0.29) is 33.6 Å². The van der Waals surface area contributed by atoms with Gasteiger partial charge in [0.25, 0.3) is 0 Å². The molecule has 0 saturated heterocycles. The van der Waals surface area contributed by atoms with E-state index >= 15 is 0 Å². The van der Waals surface area contributed by atoms with Crippen LogP contribution < -0.4 is 19.5 Å². The Bertz CT molecular complexity index is 1500. The molecule has 3 aliphatic rings. The molecule has 36 heavy (non-hydrogen) atoms. The molecule has 10 nitrogen and oxygen atoms in total. The molecule has 11 heteroatoms. The smallest absolute Gasteiger partial charge is 0.236 e. The van der Waals surface area contributed by atoms with Gasteiger partial charge in [-0.25, -0.2) is 4.68 Å². The highest BCUT2D eigenvalue weighted by atomic mass is 35.5. The Hall–Kier alpha value is -4.05. The van der Waals surface area contributed by atoms with Gasteiger partial charge in [-0.2, -0.15) is 10.1 Å². The number of methoxy groups -OCH3 is 2. The van der Waals surface area contributed by atoms with Gasteiger partial charge in [-0.1, -0.05) is 30.7 Å². The number of nitrogens with zero attached hydrogens (tertiary/aromatic N) is 3. The van der Waals surface area contributed by atoms with Crippen LogP contribution in [0.25, 0.3) is 0 Å². The third kappa shape index (κ3) is 2.78. The third-order valence-corrected chi connectivity index (χ3v) is 7.43. The minimum Gasteiger partial charge on any atom is -0.508 e. The highest BCUT2D eigenvalue weighted by molar-refractivity contribution is 6.36. The number of ether oxygens (including phenoxy) is 3. The van der Waals surface area contributed by atoms with Crippen LogP contribution in [0.2, 0.25) is 5.02 Å². The van der Waals surface area contributed by atoms with Gasteiger partial charge in [-0.05, 0) is 24.1 Å². The first-order valence-corrected chi connectivity index (χ1v) is 11.6. The third-order valence-electron chi connectivity index (χ3n) is 7.07. The molecule has 0 saturated carbocycles. The standard InChI is InChI=1S/C25H21ClN4O6/c1-11-7-14-17(20(12-5-4-6-13(31)8-12)30-24(29-14)27-10-28-30)22(32)25(11)23(33)18-15(34-2)9-16(35-3)19(26)21(18)36-25/h4-6,8-11,20,31H,7H2,1-3H3,(H,27,28,29)/t11-,20-,25+/m1/s1. The summed E-state index contributed by atoms with van der Waals surface area (Å²) >= 11 is 6.53. The van der Waals surface area contributed by atoms with Gasteiger partial charge in [0.1, 0.15) is 40.2 Å². The van der Waals surface area contributed by atoms with Gasteiger partial charge in [0.15, 0.2) is 5.75 Å². The molecule has 1 aromatic heterocycles. The van der Waals surface area contributed by atoms with E-state index in [1.54, 1.807) is 29.8 Å². The summed E-state index contributed by atoms with van der Waals surface area (Å²) in [6.07, 6.45) is 1.70. The number of nitrogens with one attached hydrogen (secondary N) is 1. The lowest BCUT2D eigenvalue weighted by Crippen LogP contribution is -2.58. The minimum atomic E-state index is -1.86. The summed E-state index contributed by atoms with van der Waals surface area (Å²) < 4.78 is 18.6. The number of ketones is 2. The molecule has 0 amide bonds. The predicted molar refractivity (Wildman–Crippen MR) is 128 cm³/mol. The zero-order valence-corrected chi connectivity index (χ0v) is 20.3. The Morgan fingerprint density at radius 3 is 2.69 bits per heavy atom. The van der Waals surface area contributed by atoms with Crippen molar-refractivity contribution in [3.8, 4) is 23.0 Å². The first-order chi connectivity index (χ1) is 17.3. The van der Waals surface area contributed by atoms with E-state index in [0.29, 0.717) is 29.2 Å². The minimum absolute atomic E-state index is 0.0328. The van der Waals surface area contributed by atoms with E-state index in [4.69, 9.17) is 25.8 Å². The van der Waals surface area contributed by atoms with E-state index in [1.807, 2.05) is 0 Å². The first kappa shape index (κ1) is 22.4. The number of benzene rings is 2. The molecule has 1 spiro atoms. The number of anilines is 1. The molecule has 0 fully saturated rings. The largest absolute Gasteiger partial charge is 0.508 e. The number of Topliss-reactive ketones (excluding diaryl/α,β-unsaturated/α-hetero) is 2. The number of aromatic hydroxyl groups is 1. The van der Waals surface area contributed by atoms with Gasteiger partial charge in [0, 0.05) is 23.3 Å². The average molecular weight is 509 g/mol. The van der Waals surface area contributed by atoms with Crippen LogP contribution in [0.15, 0.2) is 47.9 Å². The number of aromatic nitrogens is 3. The zero-order valence-electron chi connectivity index (χ0n) is 19.5. The number of carbonyl (C=O) groups excluding carboxylic acids is 2. The van der Waals surface area contributed by atoms with Crippen molar-refractivity contribution in [1.29, 1.82) is 0 Å². The van der Waals surface area contributed by atoms with Crippen LogP contribution in [-0.2, 0) is 4.79 Å². The summed E-state index contributed by atoms with van der Waals surface area (Å²) in [4.78, 5) is 32.8. The zero-order chi connectivity index (χ0) is 25.4. The second-order valence-corrected chi connectivity index (χ2v) is 9.32. The predicted octanol–water partition coefficient (Wildman–Crippen LogP) is 3.55. The van der Waals surface area contributed by atoms with Crippen LogP contribution in [0.3, 0.4) is 0 Å². The molecule has 0 bridgehead atoms. The summed E-state index contributed by atoms with van der Waals surface area (Å²) in [5.41, 5.74) is -0.227. The number of rotatable bonds is 3. The fraction of sp³-hybridized carbons (Fsp3) is 0.280. The second-order valence-electron chi connectivity index (χ2n) is 8.94. The van der Waals surface area contributed by atoms with Gasteiger partial charge in [0.2, 0.25) is 23.1 Å². The molecule has 1 aliphatic carbocycles. The van der Waals surface area contributed by atoms with E-state index < -0.39 is 29.1 Å². The van der Waals surface area contributed by atoms with Crippen molar-refractivity contribution in [3.05, 3.63) is 64.1 Å². The van der Waals surface area contributed by atoms with Crippen molar-refractivity contribution in [3.63, 3.8) is 0 Å². The molecule has 6 rings (SSSR count). The maximum absolute atomic E-state index is 14.5. The van der Waals surface area contributed by atoms with Crippen molar-refractivity contribution < 1.29 is 28.9 Å². The topological polar surface area (TPSA) is 125 Å². The monoisotopic (exact) mass is 508 g/mol. The molecule has 2 aromatic carbocycles. The number of hydrogen-bond donors (Lipinski definition) is 2. The summed E-state index contributed by atoms with van der Waals surface area (Å²) in [7, 11) is 2.86. The molecule has 0 unspecified atom stereocenters. The molecular formula is C25H21ClN4O6. The van der Waals surface area contributed by atoms with Gasteiger partial charge in [-0.3, -0.25) is 9.59 Å². The summed E-state index contributed by atoms with van der Waals surface area (Å²) in [6, 6.07) is 7.32. The highest BCUT2D eigenvalue weighted by Gasteiger charge is 2.63. The normalized spacial score (nSPS) is 24.1. The Labute approximate surface area is 210 Å². The van der Waals surface area contributed by atoms with Crippen molar-refractivity contribution in [1.82, 2.24) is 14.8 Å². The maximum atomic E-state index is 14.5. The Morgan fingerprint density at radius 1 is 1.19 bits per heavy atom. The first-order valence-electron chi connectivity index (χ1n) is 11.2. The number of allylic oxidation sites excluding steroid dienone is 1. The van der Waals surface area contributed by atoms with Crippen LogP contribution >= 0.6 is 11.6 Å². The number of phenols is 1. The number of phenolic OH excluding ortho intramolecular Hbond substituents is 1. The van der Waals surface area contributed by atoms with Crippen LogP contribution in [0, 0.1) is 5.92 Å². The lowest BCUT2D eigenvalue weighted by atomic mass is 9.69. The fourth-order valence-corrected chi connectivity index (χ4v) is 5.66. The van der Waals surface area contributed by atoms with Gasteiger partial charge >= 0.3 is 0 Å². The quantitative estimate of drug-likeness (QED) is 0.511. The lowest BCUT2D eigenvalue weighted by Gasteiger charge is -2.41. The molecule has 3 aromatic rings. The summed E-state index contributed by atoms with van der Waals surface area (Å²) in [5.74, 6) is -0.586. The van der Waals surface area contributed by atoms with Gasteiger partial charge in [-0.15, -0.1) is 0 Å². The van der Waals surface area contributed by atoms with Gasteiger partial charge < -0.3 is 24.6 Å². The summed E-state index contributed by atoms with van der Waals surface area (Å²) in [6.45, 7) is 1.79. The number of carbonyl (C=O) groups is 2. The molecule has 0 radical (unpaired) electrons. The van der Waals surface area contributed by atoms with Crippen molar-refractivity contribution in [2.75, 3.05) is 19.5 Å². The van der Waals surface area contributed by atoms with E-state index in [2.05, 4.69) is 15.4 Å². The van der Waals surface area contributed by atoms with Crippen LogP contribution in [-0.4, -0.2) is 51.3 Å². The Morgan fingerprint density at radius 2 is 1.97 bits per heavy atom. The van der Waals surface area contributed by atoms with E-state index in [9.17, 15) is 14.7 Å². The van der Waals surface area contributed by atoms with E-state index in [1.165, 1.54) is 32.7 Å². The number of hydrogen-bond acceptors (Lipinski definition) is 9. The van der Waals surface area contributed by atoms with Crippen LogP contribution in [0.5, 0.6) is 23.0 Å². The van der Waals surface area contributed by atoms with Gasteiger partial charge in [0.05, 0.1) is 14.2 Å². The van der Waals surface area contributed by atoms with Crippen LogP contribution in [0.4, 0.5) is 5.95 Å². The molecule has 3 atom stereocenters. The highest BCUT2D eigenvalue weighted by Crippen LogP contribution is 2.55. The number of halogens is 1.